The Morgan fingerprint density at radius 1 is 1.23 bits per heavy atom. The minimum atomic E-state index is -0.149. The number of anilines is 1. The van der Waals surface area contributed by atoms with Gasteiger partial charge in [-0.15, -0.1) is 0 Å². The van der Waals surface area contributed by atoms with Crippen LogP contribution in [-0.4, -0.2) is 16.1 Å². The number of benzene rings is 2. The van der Waals surface area contributed by atoms with Crippen molar-refractivity contribution in [2.75, 3.05) is 5.32 Å². The smallest absolute Gasteiger partial charge is 0.255 e. The SMILES string of the molecule is O=C(Nc1ccc(-c2n[nH]c(=S)s2)cc1)c1cccc(Br)c1. The quantitative estimate of drug-likeness (QED) is 0.625. The molecule has 0 spiro atoms. The van der Waals surface area contributed by atoms with Gasteiger partial charge in [-0.25, -0.2) is 0 Å². The molecule has 1 amide bonds. The Morgan fingerprint density at radius 2 is 2.00 bits per heavy atom. The Hall–Kier alpha value is -1.83. The monoisotopic (exact) mass is 391 g/mol. The molecule has 110 valence electrons. The molecule has 0 aliphatic rings. The Kier molecular flexibility index (Phi) is 4.47. The zero-order valence-electron chi connectivity index (χ0n) is 11.2. The number of carbonyl (C=O) groups is 1. The maximum atomic E-state index is 12.2. The Bertz CT molecular complexity index is 871. The third-order valence-corrected chi connectivity index (χ3v) is 4.55. The summed E-state index contributed by atoms with van der Waals surface area (Å²) in [4.78, 5) is 12.2. The van der Waals surface area contributed by atoms with E-state index in [1.165, 1.54) is 11.3 Å². The molecule has 1 aromatic heterocycles. The van der Waals surface area contributed by atoms with Crippen molar-refractivity contribution < 1.29 is 4.79 Å². The summed E-state index contributed by atoms with van der Waals surface area (Å²) in [6.07, 6.45) is 0. The summed E-state index contributed by atoms with van der Waals surface area (Å²) in [5.41, 5.74) is 2.29. The third kappa shape index (κ3) is 3.49. The minimum Gasteiger partial charge on any atom is -0.322 e. The molecule has 3 rings (SSSR count). The summed E-state index contributed by atoms with van der Waals surface area (Å²) in [7, 11) is 0. The molecule has 4 nitrogen and oxygen atoms in total. The molecule has 0 aliphatic heterocycles. The first-order valence-corrected chi connectivity index (χ1v) is 8.36. The van der Waals surface area contributed by atoms with Gasteiger partial charge in [0.2, 0.25) is 0 Å². The van der Waals surface area contributed by atoms with Crippen molar-refractivity contribution in [2.24, 2.45) is 0 Å². The van der Waals surface area contributed by atoms with E-state index in [4.69, 9.17) is 12.2 Å². The Labute approximate surface area is 144 Å². The van der Waals surface area contributed by atoms with Gasteiger partial charge in [-0.2, -0.15) is 5.10 Å². The molecule has 0 unspecified atom stereocenters. The number of carbonyl (C=O) groups excluding carboxylic acids is 1. The van der Waals surface area contributed by atoms with Gasteiger partial charge in [0.25, 0.3) is 5.91 Å². The number of H-pyrrole nitrogens is 1. The number of amides is 1. The fraction of sp³-hybridized carbons (Fsp3) is 0. The molecule has 3 aromatic rings. The summed E-state index contributed by atoms with van der Waals surface area (Å²) in [5.74, 6) is -0.149. The molecule has 1 heterocycles. The van der Waals surface area contributed by atoms with Gasteiger partial charge in [0, 0.05) is 21.3 Å². The maximum absolute atomic E-state index is 12.2. The normalized spacial score (nSPS) is 10.4. The lowest BCUT2D eigenvalue weighted by molar-refractivity contribution is 0.102. The number of aromatic amines is 1. The lowest BCUT2D eigenvalue weighted by Gasteiger charge is -2.06. The highest BCUT2D eigenvalue weighted by atomic mass is 79.9. The predicted octanol–water partition coefficient (Wildman–Crippen LogP) is 4.88. The van der Waals surface area contributed by atoms with Crippen LogP contribution in [0.5, 0.6) is 0 Å². The van der Waals surface area contributed by atoms with Crippen molar-refractivity contribution in [3.63, 3.8) is 0 Å². The second-order valence-electron chi connectivity index (χ2n) is 4.46. The van der Waals surface area contributed by atoms with Crippen molar-refractivity contribution in [1.82, 2.24) is 10.2 Å². The van der Waals surface area contributed by atoms with E-state index in [0.717, 1.165) is 20.7 Å². The van der Waals surface area contributed by atoms with Gasteiger partial charge >= 0.3 is 0 Å². The topological polar surface area (TPSA) is 57.8 Å². The average Bonchev–Trinajstić information content (AvgIpc) is 2.94. The lowest BCUT2D eigenvalue weighted by Crippen LogP contribution is -2.11. The Morgan fingerprint density at radius 3 is 2.64 bits per heavy atom. The molecular weight excluding hydrogens is 382 g/mol. The van der Waals surface area contributed by atoms with Gasteiger partial charge in [-0.1, -0.05) is 33.3 Å². The van der Waals surface area contributed by atoms with E-state index in [1.807, 2.05) is 36.4 Å². The van der Waals surface area contributed by atoms with Crippen molar-refractivity contribution in [3.05, 3.63) is 62.5 Å². The lowest BCUT2D eigenvalue weighted by atomic mass is 10.2. The molecular formula is C15H10BrN3OS2. The van der Waals surface area contributed by atoms with Gasteiger partial charge in [0.1, 0.15) is 5.01 Å². The van der Waals surface area contributed by atoms with Crippen LogP contribution in [0.15, 0.2) is 53.0 Å². The first-order valence-electron chi connectivity index (χ1n) is 6.35. The van der Waals surface area contributed by atoms with Crippen LogP contribution in [-0.2, 0) is 0 Å². The highest BCUT2D eigenvalue weighted by Crippen LogP contribution is 2.23. The minimum absolute atomic E-state index is 0.149. The zero-order valence-corrected chi connectivity index (χ0v) is 14.4. The standard InChI is InChI=1S/C15H10BrN3OS2/c16-11-3-1-2-10(8-11)13(20)17-12-6-4-9(5-7-12)14-18-19-15(21)22-14/h1-8H,(H,17,20)(H,19,21). The third-order valence-electron chi connectivity index (χ3n) is 2.91. The number of hydrogen-bond donors (Lipinski definition) is 2. The van der Waals surface area contributed by atoms with E-state index < -0.39 is 0 Å². The van der Waals surface area contributed by atoms with Crippen molar-refractivity contribution in [3.8, 4) is 10.6 Å². The van der Waals surface area contributed by atoms with E-state index >= 15 is 0 Å². The average molecular weight is 392 g/mol. The van der Waals surface area contributed by atoms with Gasteiger partial charge in [-0.05, 0) is 54.7 Å². The fourth-order valence-corrected chi connectivity index (χ4v) is 3.18. The maximum Gasteiger partial charge on any atom is 0.255 e. The molecule has 0 atom stereocenters. The highest BCUT2D eigenvalue weighted by Gasteiger charge is 2.07. The zero-order chi connectivity index (χ0) is 15.5. The van der Waals surface area contributed by atoms with E-state index in [9.17, 15) is 4.79 Å². The van der Waals surface area contributed by atoms with Crippen LogP contribution >= 0.6 is 39.5 Å². The van der Waals surface area contributed by atoms with Crippen LogP contribution in [0.4, 0.5) is 5.69 Å². The molecule has 7 heteroatoms. The number of aromatic nitrogens is 2. The number of halogens is 1. The molecule has 0 saturated carbocycles. The molecule has 0 bridgehead atoms. The fourth-order valence-electron chi connectivity index (χ4n) is 1.88. The number of nitrogens with one attached hydrogen (secondary N) is 2. The van der Waals surface area contributed by atoms with Crippen LogP contribution < -0.4 is 5.32 Å². The molecule has 0 saturated heterocycles. The molecule has 2 aromatic carbocycles. The number of nitrogens with zero attached hydrogens (tertiary/aromatic N) is 1. The summed E-state index contributed by atoms with van der Waals surface area (Å²) in [5, 5.41) is 10.6. The van der Waals surface area contributed by atoms with E-state index in [1.54, 1.807) is 12.1 Å². The van der Waals surface area contributed by atoms with E-state index in [-0.39, 0.29) is 5.91 Å². The summed E-state index contributed by atoms with van der Waals surface area (Å²) >= 11 is 9.79. The van der Waals surface area contributed by atoms with Crippen LogP contribution in [0.1, 0.15) is 10.4 Å². The number of rotatable bonds is 3. The van der Waals surface area contributed by atoms with Gasteiger partial charge < -0.3 is 5.32 Å². The highest BCUT2D eigenvalue weighted by molar-refractivity contribution is 9.10. The van der Waals surface area contributed by atoms with Crippen molar-refractivity contribution >= 4 is 51.1 Å². The predicted molar refractivity (Wildman–Crippen MR) is 94.8 cm³/mol. The summed E-state index contributed by atoms with van der Waals surface area (Å²) < 4.78 is 1.51. The second kappa shape index (κ2) is 6.51. The molecule has 2 N–H and O–H groups in total. The molecule has 0 aliphatic carbocycles. The molecule has 0 fully saturated rings. The van der Waals surface area contributed by atoms with Crippen molar-refractivity contribution in [2.45, 2.75) is 0 Å². The first-order chi connectivity index (χ1) is 10.6. The molecule has 0 radical (unpaired) electrons. The van der Waals surface area contributed by atoms with Crippen LogP contribution in [0.3, 0.4) is 0 Å². The van der Waals surface area contributed by atoms with Crippen LogP contribution in [0.25, 0.3) is 10.6 Å². The van der Waals surface area contributed by atoms with E-state index in [0.29, 0.717) is 9.52 Å². The van der Waals surface area contributed by atoms with Gasteiger partial charge in [0.15, 0.2) is 3.95 Å². The first kappa shape index (κ1) is 15.1. The summed E-state index contributed by atoms with van der Waals surface area (Å²) in [6.45, 7) is 0. The van der Waals surface area contributed by atoms with Gasteiger partial charge in [-0.3, -0.25) is 9.89 Å². The number of hydrogen-bond acceptors (Lipinski definition) is 4. The Balaban J connectivity index is 1.76. The summed E-state index contributed by atoms with van der Waals surface area (Å²) in [6, 6.07) is 14.7. The van der Waals surface area contributed by atoms with Crippen molar-refractivity contribution in [1.29, 1.82) is 0 Å². The largest absolute Gasteiger partial charge is 0.322 e. The molecule has 22 heavy (non-hydrogen) atoms. The van der Waals surface area contributed by atoms with Gasteiger partial charge in [0.05, 0.1) is 0 Å². The van der Waals surface area contributed by atoms with Crippen LogP contribution in [0, 0.1) is 3.95 Å². The second-order valence-corrected chi connectivity index (χ2v) is 7.04. The van der Waals surface area contributed by atoms with Crippen LogP contribution in [0.2, 0.25) is 0 Å². The van der Waals surface area contributed by atoms with E-state index in [2.05, 4.69) is 31.4 Å².